The predicted molar refractivity (Wildman–Crippen MR) is 81.5 cm³/mol. The molecule has 24 heavy (non-hydrogen) atoms. The van der Waals surface area contributed by atoms with E-state index >= 15 is 0 Å². The van der Waals surface area contributed by atoms with E-state index in [0.29, 0.717) is 0 Å². The molecule has 0 aliphatic carbocycles. The largest absolute Gasteiger partial charge is 0.467 e. The zero-order valence-corrected chi connectivity index (χ0v) is 13.9. The van der Waals surface area contributed by atoms with Gasteiger partial charge in [0, 0.05) is 26.0 Å². The van der Waals surface area contributed by atoms with Crippen LogP contribution in [0.4, 0.5) is 0 Å². The standard InChI is InChI=1S/C15H22N2O7/c1-9(18)17-8-10(19)7-12(17)14(21)16-11(15(22)24-3)5-4-6-13(20)23-2/h4,6,10-12,19H,5,7-8H2,1-3H3,(H,16,21)/b6-4+/t10-,11+,12+/m1/s1. The van der Waals surface area contributed by atoms with Gasteiger partial charge in [0.05, 0.1) is 20.3 Å². The fourth-order valence-corrected chi connectivity index (χ4v) is 2.40. The topological polar surface area (TPSA) is 122 Å². The van der Waals surface area contributed by atoms with Crippen LogP contribution in [-0.2, 0) is 28.7 Å². The number of nitrogens with zero attached hydrogens (tertiary/aromatic N) is 1. The molecule has 0 bridgehead atoms. The molecule has 1 fully saturated rings. The second kappa shape index (κ2) is 9.02. The van der Waals surface area contributed by atoms with Gasteiger partial charge in [0.25, 0.3) is 0 Å². The maximum absolute atomic E-state index is 12.4. The summed E-state index contributed by atoms with van der Waals surface area (Å²) in [6, 6.07) is -1.87. The van der Waals surface area contributed by atoms with Gasteiger partial charge in [0.2, 0.25) is 11.8 Å². The number of amides is 2. The number of nitrogens with one attached hydrogen (secondary N) is 1. The zero-order chi connectivity index (χ0) is 18.3. The first kappa shape index (κ1) is 19.6. The number of carbonyl (C=O) groups excluding carboxylic acids is 4. The molecule has 2 N–H and O–H groups in total. The Balaban J connectivity index is 2.76. The minimum absolute atomic E-state index is 0.0167. The molecular weight excluding hydrogens is 320 g/mol. The summed E-state index contributed by atoms with van der Waals surface area (Å²) in [5, 5.41) is 12.1. The van der Waals surface area contributed by atoms with E-state index in [0.717, 1.165) is 6.08 Å². The summed E-state index contributed by atoms with van der Waals surface area (Å²) in [6.45, 7) is 1.37. The molecule has 0 radical (unpaired) electrons. The summed E-state index contributed by atoms with van der Waals surface area (Å²) in [7, 11) is 2.39. The molecule has 1 heterocycles. The monoisotopic (exact) mass is 342 g/mol. The molecule has 0 unspecified atom stereocenters. The number of hydrogen-bond acceptors (Lipinski definition) is 7. The van der Waals surface area contributed by atoms with Gasteiger partial charge in [0.15, 0.2) is 0 Å². The third kappa shape index (κ3) is 5.34. The van der Waals surface area contributed by atoms with Gasteiger partial charge >= 0.3 is 11.9 Å². The van der Waals surface area contributed by atoms with Crippen LogP contribution in [-0.4, -0.2) is 72.7 Å². The minimum Gasteiger partial charge on any atom is -0.467 e. The summed E-state index contributed by atoms with van der Waals surface area (Å²) in [6.07, 6.45) is 1.82. The highest BCUT2D eigenvalue weighted by molar-refractivity contribution is 5.91. The van der Waals surface area contributed by atoms with Crippen LogP contribution in [0.5, 0.6) is 0 Å². The van der Waals surface area contributed by atoms with Crippen molar-refractivity contribution in [2.24, 2.45) is 0 Å². The number of carbonyl (C=O) groups is 4. The Morgan fingerprint density at radius 1 is 1.29 bits per heavy atom. The number of likely N-dealkylation sites (tertiary alicyclic amines) is 1. The van der Waals surface area contributed by atoms with E-state index in [4.69, 9.17) is 0 Å². The third-order valence-corrected chi connectivity index (χ3v) is 3.62. The van der Waals surface area contributed by atoms with Gasteiger partial charge < -0.3 is 24.8 Å². The molecule has 3 atom stereocenters. The molecule has 1 saturated heterocycles. The Hall–Kier alpha value is -2.42. The van der Waals surface area contributed by atoms with E-state index in [1.807, 2.05) is 0 Å². The summed E-state index contributed by atoms with van der Waals surface area (Å²) in [4.78, 5) is 47.9. The normalized spacial score (nSPS) is 21.4. The van der Waals surface area contributed by atoms with Crippen LogP contribution in [0, 0.1) is 0 Å². The second-order valence-corrected chi connectivity index (χ2v) is 5.32. The molecule has 0 saturated carbocycles. The lowest BCUT2D eigenvalue weighted by atomic mass is 10.1. The van der Waals surface area contributed by atoms with Crippen molar-refractivity contribution in [2.45, 2.75) is 38.0 Å². The highest BCUT2D eigenvalue weighted by Crippen LogP contribution is 2.18. The average molecular weight is 342 g/mol. The fraction of sp³-hybridized carbons (Fsp3) is 0.600. The van der Waals surface area contributed by atoms with Crippen molar-refractivity contribution < 1.29 is 33.8 Å². The number of rotatable bonds is 6. The van der Waals surface area contributed by atoms with Crippen molar-refractivity contribution in [3.8, 4) is 0 Å². The molecule has 134 valence electrons. The second-order valence-electron chi connectivity index (χ2n) is 5.32. The van der Waals surface area contributed by atoms with Crippen LogP contribution in [0.15, 0.2) is 12.2 Å². The van der Waals surface area contributed by atoms with Crippen LogP contribution in [0.1, 0.15) is 19.8 Å². The quantitative estimate of drug-likeness (QED) is 0.456. The number of hydrogen-bond donors (Lipinski definition) is 2. The summed E-state index contributed by atoms with van der Waals surface area (Å²) < 4.78 is 9.05. The highest BCUT2D eigenvalue weighted by atomic mass is 16.5. The third-order valence-electron chi connectivity index (χ3n) is 3.62. The van der Waals surface area contributed by atoms with E-state index < -0.39 is 36.0 Å². The molecule has 0 spiro atoms. The van der Waals surface area contributed by atoms with Crippen molar-refractivity contribution in [1.82, 2.24) is 10.2 Å². The van der Waals surface area contributed by atoms with E-state index in [1.165, 1.54) is 32.1 Å². The minimum atomic E-state index is -1.02. The van der Waals surface area contributed by atoms with Gasteiger partial charge in [0.1, 0.15) is 12.1 Å². The SMILES string of the molecule is COC(=O)/C=C/C[C@H](NC(=O)[C@@H]1C[C@@H](O)CN1C(C)=O)C(=O)OC. The number of aliphatic hydroxyl groups excluding tert-OH is 1. The van der Waals surface area contributed by atoms with Gasteiger partial charge in [-0.25, -0.2) is 9.59 Å². The van der Waals surface area contributed by atoms with E-state index in [2.05, 4.69) is 14.8 Å². The van der Waals surface area contributed by atoms with Gasteiger partial charge in [-0.05, 0) is 6.42 Å². The predicted octanol–water partition coefficient (Wildman–Crippen LogP) is -1.25. The lowest BCUT2D eigenvalue weighted by molar-refractivity contribution is -0.146. The molecular formula is C15H22N2O7. The first-order valence-corrected chi connectivity index (χ1v) is 7.38. The molecule has 9 nitrogen and oxygen atoms in total. The van der Waals surface area contributed by atoms with Gasteiger partial charge in [-0.3, -0.25) is 9.59 Å². The van der Waals surface area contributed by atoms with Crippen LogP contribution < -0.4 is 5.32 Å². The molecule has 1 aliphatic rings. The molecule has 0 aromatic heterocycles. The number of ether oxygens (including phenoxy) is 2. The van der Waals surface area contributed by atoms with Crippen molar-refractivity contribution >= 4 is 23.8 Å². The summed E-state index contributed by atoms with van der Waals surface area (Å²) in [5.41, 5.74) is 0. The Labute approximate surface area is 139 Å². The lowest BCUT2D eigenvalue weighted by Gasteiger charge is -2.24. The van der Waals surface area contributed by atoms with Gasteiger partial charge in [-0.2, -0.15) is 0 Å². The fourth-order valence-electron chi connectivity index (χ4n) is 2.40. The highest BCUT2D eigenvalue weighted by Gasteiger charge is 2.38. The Bertz CT molecular complexity index is 532. The Morgan fingerprint density at radius 2 is 1.96 bits per heavy atom. The molecule has 0 aromatic rings. The number of methoxy groups -OCH3 is 2. The van der Waals surface area contributed by atoms with E-state index in [9.17, 15) is 24.3 Å². The van der Waals surface area contributed by atoms with Crippen molar-refractivity contribution in [2.75, 3.05) is 20.8 Å². The number of aliphatic hydroxyl groups is 1. The van der Waals surface area contributed by atoms with Gasteiger partial charge in [-0.15, -0.1) is 0 Å². The molecule has 9 heteroatoms. The Morgan fingerprint density at radius 3 is 2.50 bits per heavy atom. The van der Waals surface area contributed by atoms with Gasteiger partial charge in [-0.1, -0.05) is 6.08 Å². The molecule has 1 rings (SSSR count). The van der Waals surface area contributed by atoms with Crippen LogP contribution >= 0.6 is 0 Å². The zero-order valence-electron chi connectivity index (χ0n) is 13.9. The molecule has 1 aliphatic heterocycles. The van der Waals surface area contributed by atoms with Crippen molar-refractivity contribution in [3.63, 3.8) is 0 Å². The first-order chi connectivity index (χ1) is 11.3. The van der Waals surface area contributed by atoms with Crippen molar-refractivity contribution in [1.29, 1.82) is 0 Å². The molecule has 2 amide bonds. The average Bonchev–Trinajstić information content (AvgIpc) is 2.95. The number of esters is 2. The number of β-amino-alcohol motifs (C(OH)–C–C–N with tert-alkyl or cyclic N) is 1. The maximum atomic E-state index is 12.4. The van der Waals surface area contributed by atoms with Crippen LogP contribution in [0.2, 0.25) is 0 Å². The van der Waals surface area contributed by atoms with E-state index in [-0.39, 0.29) is 25.3 Å². The lowest BCUT2D eigenvalue weighted by Crippen LogP contribution is -2.50. The van der Waals surface area contributed by atoms with E-state index in [1.54, 1.807) is 0 Å². The Kier molecular flexibility index (Phi) is 7.37. The van der Waals surface area contributed by atoms with Crippen LogP contribution in [0.3, 0.4) is 0 Å². The summed E-state index contributed by atoms with van der Waals surface area (Å²) >= 11 is 0. The smallest absolute Gasteiger partial charge is 0.330 e. The van der Waals surface area contributed by atoms with Crippen molar-refractivity contribution in [3.05, 3.63) is 12.2 Å². The van der Waals surface area contributed by atoms with Crippen LogP contribution in [0.25, 0.3) is 0 Å². The maximum Gasteiger partial charge on any atom is 0.330 e. The first-order valence-electron chi connectivity index (χ1n) is 7.38. The molecule has 0 aromatic carbocycles. The summed E-state index contributed by atoms with van der Waals surface area (Å²) in [5.74, 6) is -2.19.